The average Bonchev–Trinajstić information content (AvgIpc) is 2.82. The topological polar surface area (TPSA) is 72.9 Å². The fourth-order valence-corrected chi connectivity index (χ4v) is 3.18. The molecule has 1 aromatic heterocycles. The molecule has 5 nitrogen and oxygen atoms in total. The lowest BCUT2D eigenvalue weighted by atomic mass is 10.1. The molecule has 0 atom stereocenters. The summed E-state index contributed by atoms with van der Waals surface area (Å²) < 4.78 is 33.4. The molecule has 0 aliphatic rings. The number of benzene rings is 2. The molecule has 0 amide bonds. The van der Waals surface area contributed by atoms with Crippen molar-refractivity contribution in [1.29, 1.82) is 10.5 Å². The lowest BCUT2D eigenvalue weighted by molar-refractivity contribution is 0.287. The molecule has 0 spiro atoms. The zero-order valence-electron chi connectivity index (χ0n) is 17.0. The van der Waals surface area contributed by atoms with Gasteiger partial charge in [0.05, 0.1) is 23.3 Å². The molecule has 3 aromatic rings. The van der Waals surface area contributed by atoms with Gasteiger partial charge in [0.25, 0.3) is 0 Å². The van der Waals surface area contributed by atoms with E-state index < -0.39 is 13.3 Å². The highest BCUT2D eigenvalue weighted by molar-refractivity contribution is 6.17. The first kappa shape index (κ1) is 21.8. The summed E-state index contributed by atoms with van der Waals surface area (Å²) in [4.78, 5) is 6.02. The Morgan fingerprint density at radius 1 is 1.00 bits per heavy atom. The van der Waals surface area contributed by atoms with Gasteiger partial charge in [-0.15, -0.1) is 0 Å². The molecular weight excluding hydrogens is 397 g/mol. The Morgan fingerprint density at radius 2 is 1.74 bits per heavy atom. The van der Waals surface area contributed by atoms with Crippen LogP contribution in [0.1, 0.15) is 33.5 Å². The molecule has 0 N–H and O–H groups in total. The largest absolute Gasteiger partial charge is 0.486 e. The van der Waals surface area contributed by atoms with Crippen molar-refractivity contribution in [3.05, 3.63) is 88.2 Å². The van der Waals surface area contributed by atoms with Crippen molar-refractivity contribution in [3.63, 3.8) is 0 Å². The van der Waals surface area contributed by atoms with Crippen LogP contribution in [0.15, 0.2) is 54.7 Å². The molecule has 0 radical (unpaired) electrons. The number of alkyl halides is 2. The monoisotopic (exact) mass is 416 g/mol. The number of nitriles is 2. The Kier molecular flexibility index (Phi) is 7.19. The minimum atomic E-state index is -0.883. The lowest BCUT2D eigenvalue weighted by Gasteiger charge is -2.23. The second-order valence-electron chi connectivity index (χ2n) is 6.92. The Labute approximate surface area is 180 Å². The fraction of sp³-hybridized carbons (Fsp3) is 0.174. The van der Waals surface area contributed by atoms with Gasteiger partial charge in [-0.25, -0.2) is 8.78 Å². The van der Waals surface area contributed by atoms with E-state index in [0.717, 1.165) is 5.69 Å². The number of nitrogens with zero attached hydrogens (tertiary/aromatic N) is 4. The predicted molar refractivity (Wildman–Crippen MR) is 115 cm³/mol. The summed E-state index contributed by atoms with van der Waals surface area (Å²) in [7, 11) is 1.83. The highest BCUT2D eigenvalue weighted by atomic mass is 19.1. The number of rotatable bonds is 8. The quantitative estimate of drug-likeness (QED) is 0.521. The summed E-state index contributed by atoms with van der Waals surface area (Å²) in [6, 6.07) is 18.0. The van der Waals surface area contributed by atoms with Crippen LogP contribution < -0.4 is 9.55 Å². The number of hydrogen-bond acceptors (Lipinski definition) is 5. The molecule has 0 unspecified atom stereocenters. The first-order chi connectivity index (χ1) is 15.1. The van der Waals surface area contributed by atoms with E-state index >= 15 is 0 Å². The number of pyridine rings is 1. The molecule has 0 aliphatic carbocycles. The number of anilines is 1. The SMILES string of the molecule is BN(Cc1cnc(CF)c(OCc2cccc(C#N)c2)c1CF)c1ccc(C#N)cc1. The van der Waals surface area contributed by atoms with Crippen LogP contribution in [-0.2, 0) is 26.5 Å². The Hall–Kier alpha value is -3.91. The van der Waals surface area contributed by atoms with Gasteiger partial charge < -0.3 is 9.55 Å². The predicted octanol–water partition coefficient (Wildman–Crippen LogP) is 3.90. The first-order valence-corrected chi connectivity index (χ1v) is 9.54. The maximum absolute atomic E-state index is 14.0. The molecule has 0 saturated heterocycles. The molecule has 31 heavy (non-hydrogen) atoms. The number of ether oxygens (including phenoxy) is 1. The molecular formula is C23H19BF2N4O. The van der Waals surface area contributed by atoms with Crippen LogP contribution in [0.3, 0.4) is 0 Å². The molecule has 8 heteroatoms. The second kappa shape index (κ2) is 10.2. The molecule has 0 aliphatic heterocycles. The Balaban J connectivity index is 1.86. The third-order valence-corrected chi connectivity index (χ3v) is 4.84. The van der Waals surface area contributed by atoms with E-state index in [0.29, 0.717) is 28.8 Å². The zero-order chi connectivity index (χ0) is 22.2. The standard InChI is InChI=1S/C23H19BF2N4O/c24-30(20-6-4-16(11-27)5-7-20)14-19-13-29-22(10-26)23(21(19)9-25)31-15-18-3-1-2-17(8-18)12-28/h1-8,13H,9-10,14-15,24H2. The van der Waals surface area contributed by atoms with E-state index in [4.69, 9.17) is 15.3 Å². The number of hydrogen-bond donors (Lipinski definition) is 0. The van der Waals surface area contributed by atoms with Gasteiger partial charge in [0.2, 0.25) is 7.98 Å². The summed E-state index contributed by atoms with van der Waals surface area (Å²) in [5, 5.41) is 18.0. The van der Waals surface area contributed by atoms with Gasteiger partial charge in [0, 0.05) is 24.0 Å². The van der Waals surface area contributed by atoms with Gasteiger partial charge in [-0.05, 0) is 47.5 Å². The summed E-state index contributed by atoms with van der Waals surface area (Å²) in [6.45, 7) is -1.33. The maximum atomic E-state index is 14.0. The van der Waals surface area contributed by atoms with Gasteiger partial charge in [0.1, 0.15) is 31.4 Å². The third kappa shape index (κ3) is 5.18. The van der Waals surface area contributed by atoms with Crippen molar-refractivity contribution in [2.24, 2.45) is 0 Å². The van der Waals surface area contributed by atoms with E-state index in [2.05, 4.69) is 17.1 Å². The summed E-state index contributed by atoms with van der Waals surface area (Å²) >= 11 is 0. The summed E-state index contributed by atoms with van der Waals surface area (Å²) in [5.74, 6) is 0.0955. The van der Waals surface area contributed by atoms with Gasteiger partial charge in [-0.1, -0.05) is 12.1 Å². The van der Waals surface area contributed by atoms with Crippen LogP contribution in [-0.4, -0.2) is 13.0 Å². The smallest absolute Gasteiger partial charge is 0.217 e. The van der Waals surface area contributed by atoms with Crippen molar-refractivity contribution >= 4 is 13.7 Å². The average molecular weight is 416 g/mol. The fourth-order valence-electron chi connectivity index (χ4n) is 3.18. The van der Waals surface area contributed by atoms with E-state index in [9.17, 15) is 8.78 Å². The Morgan fingerprint density at radius 3 is 2.39 bits per heavy atom. The number of aromatic nitrogens is 1. The highest BCUT2D eigenvalue weighted by Gasteiger charge is 2.18. The molecule has 2 aromatic carbocycles. The van der Waals surface area contributed by atoms with Crippen LogP contribution in [0, 0.1) is 22.7 Å². The van der Waals surface area contributed by atoms with E-state index in [-0.39, 0.29) is 23.6 Å². The Bertz CT molecular complexity index is 1140. The van der Waals surface area contributed by atoms with Crippen LogP contribution in [0.25, 0.3) is 0 Å². The molecule has 3 rings (SSSR count). The zero-order valence-corrected chi connectivity index (χ0v) is 17.0. The van der Waals surface area contributed by atoms with Gasteiger partial charge >= 0.3 is 0 Å². The number of halogens is 2. The first-order valence-electron chi connectivity index (χ1n) is 9.54. The molecule has 1 heterocycles. The van der Waals surface area contributed by atoms with Gasteiger partial charge in [-0.2, -0.15) is 10.5 Å². The van der Waals surface area contributed by atoms with E-state index in [1.165, 1.54) is 6.20 Å². The molecule has 0 bridgehead atoms. The molecule has 154 valence electrons. The highest BCUT2D eigenvalue weighted by Crippen LogP contribution is 2.30. The van der Waals surface area contributed by atoms with Gasteiger partial charge in [0.15, 0.2) is 0 Å². The minimum Gasteiger partial charge on any atom is -0.486 e. The third-order valence-electron chi connectivity index (χ3n) is 4.84. The van der Waals surface area contributed by atoms with Crippen LogP contribution in [0.5, 0.6) is 5.75 Å². The van der Waals surface area contributed by atoms with Gasteiger partial charge in [-0.3, -0.25) is 4.98 Å². The van der Waals surface area contributed by atoms with Crippen LogP contribution >= 0.6 is 0 Å². The van der Waals surface area contributed by atoms with E-state index in [1.54, 1.807) is 48.5 Å². The van der Waals surface area contributed by atoms with Crippen molar-refractivity contribution in [2.75, 3.05) is 4.81 Å². The van der Waals surface area contributed by atoms with E-state index in [1.807, 2.05) is 12.8 Å². The molecule has 0 fully saturated rings. The van der Waals surface area contributed by atoms with Crippen molar-refractivity contribution in [1.82, 2.24) is 4.98 Å². The second-order valence-corrected chi connectivity index (χ2v) is 6.92. The summed E-state index contributed by atoms with van der Waals surface area (Å²) in [6.07, 6.45) is 1.47. The van der Waals surface area contributed by atoms with Crippen molar-refractivity contribution < 1.29 is 13.5 Å². The van der Waals surface area contributed by atoms with Crippen molar-refractivity contribution in [3.8, 4) is 17.9 Å². The minimum absolute atomic E-state index is 0.0360. The van der Waals surface area contributed by atoms with Crippen LogP contribution in [0.2, 0.25) is 0 Å². The van der Waals surface area contributed by atoms with Crippen LogP contribution in [0.4, 0.5) is 14.5 Å². The lowest BCUT2D eigenvalue weighted by Crippen LogP contribution is -2.20. The summed E-state index contributed by atoms with van der Waals surface area (Å²) in [5.41, 5.74) is 3.45. The normalized spacial score (nSPS) is 10.2. The maximum Gasteiger partial charge on any atom is 0.217 e. The van der Waals surface area contributed by atoms with Crippen molar-refractivity contribution in [2.45, 2.75) is 26.5 Å². The molecule has 0 saturated carbocycles.